The number of nitrogens with one attached hydrogen (secondary N) is 1. The summed E-state index contributed by atoms with van der Waals surface area (Å²) in [4.78, 5) is 0. The molecule has 84 valence electrons. The van der Waals surface area contributed by atoms with Crippen molar-refractivity contribution in [2.24, 2.45) is 7.05 Å². The van der Waals surface area contributed by atoms with Crippen molar-refractivity contribution in [1.29, 1.82) is 0 Å². The number of anilines is 1. The molecule has 16 heavy (non-hydrogen) atoms. The van der Waals surface area contributed by atoms with Gasteiger partial charge in [-0.1, -0.05) is 16.8 Å². The average Bonchev–Trinajstić information content (AvgIpc) is 2.63. The Bertz CT molecular complexity index is 497. The van der Waals surface area contributed by atoms with Gasteiger partial charge in [-0.3, -0.25) is 4.68 Å². The summed E-state index contributed by atoms with van der Waals surface area (Å²) in [7, 11) is 1.84. The summed E-state index contributed by atoms with van der Waals surface area (Å²) < 4.78 is 2.61. The van der Waals surface area contributed by atoms with Gasteiger partial charge in [-0.15, -0.1) is 5.10 Å². The van der Waals surface area contributed by atoms with Crippen LogP contribution >= 0.6 is 27.5 Å². The van der Waals surface area contributed by atoms with E-state index >= 15 is 0 Å². The Labute approximate surface area is 107 Å². The van der Waals surface area contributed by atoms with Crippen LogP contribution in [0.4, 0.5) is 5.69 Å². The third-order valence-corrected chi connectivity index (χ3v) is 2.93. The van der Waals surface area contributed by atoms with E-state index in [-0.39, 0.29) is 0 Å². The van der Waals surface area contributed by atoms with Crippen LogP contribution in [0, 0.1) is 0 Å². The molecule has 0 spiro atoms. The lowest BCUT2D eigenvalue weighted by Crippen LogP contribution is -2.00. The highest BCUT2D eigenvalue weighted by molar-refractivity contribution is 9.10. The summed E-state index contributed by atoms with van der Waals surface area (Å²) in [5.74, 6) is 0. The standard InChI is InChI=1S/C10H10BrClN4/c1-16-6-8(14-15-16)5-13-10-3-2-7(12)4-9(10)11/h2-4,6,13H,5H2,1H3. The number of aryl methyl sites for hydroxylation is 1. The smallest absolute Gasteiger partial charge is 0.102 e. The fraction of sp³-hybridized carbons (Fsp3) is 0.200. The Morgan fingerprint density at radius 1 is 1.50 bits per heavy atom. The summed E-state index contributed by atoms with van der Waals surface area (Å²) in [6.07, 6.45) is 1.87. The first-order valence-electron chi connectivity index (χ1n) is 4.69. The zero-order valence-electron chi connectivity index (χ0n) is 8.61. The van der Waals surface area contributed by atoms with Crippen LogP contribution in [0.25, 0.3) is 0 Å². The molecule has 1 aromatic carbocycles. The molecular weight excluding hydrogens is 291 g/mol. The van der Waals surface area contributed by atoms with Crippen molar-refractivity contribution in [3.8, 4) is 0 Å². The second-order valence-corrected chi connectivity index (χ2v) is 4.65. The number of aromatic nitrogens is 3. The Morgan fingerprint density at radius 2 is 2.31 bits per heavy atom. The Hall–Kier alpha value is -1.07. The van der Waals surface area contributed by atoms with Gasteiger partial charge >= 0.3 is 0 Å². The number of hydrogen-bond donors (Lipinski definition) is 1. The molecule has 0 aliphatic carbocycles. The van der Waals surface area contributed by atoms with E-state index < -0.39 is 0 Å². The third kappa shape index (κ3) is 2.74. The maximum Gasteiger partial charge on any atom is 0.102 e. The van der Waals surface area contributed by atoms with Crippen molar-refractivity contribution in [2.45, 2.75) is 6.54 Å². The molecule has 0 saturated heterocycles. The van der Waals surface area contributed by atoms with Gasteiger partial charge in [0.2, 0.25) is 0 Å². The van der Waals surface area contributed by atoms with Crippen LogP contribution < -0.4 is 5.32 Å². The molecule has 0 fully saturated rings. The lowest BCUT2D eigenvalue weighted by atomic mass is 10.3. The Kier molecular flexibility index (Phi) is 3.46. The van der Waals surface area contributed by atoms with Crippen molar-refractivity contribution in [3.05, 3.63) is 39.6 Å². The van der Waals surface area contributed by atoms with E-state index in [1.165, 1.54) is 0 Å². The fourth-order valence-electron chi connectivity index (χ4n) is 1.29. The number of hydrogen-bond acceptors (Lipinski definition) is 3. The highest BCUT2D eigenvalue weighted by atomic mass is 79.9. The summed E-state index contributed by atoms with van der Waals surface area (Å²) in [6.45, 7) is 0.633. The first kappa shape index (κ1) is 11.4. The molecule has 0 aliphatic rings. The van der Waals surface area contributed by atoms with Crippen molar-refractivity contribution >= 4 is 33.2 Å². The zero-order chi connectivity index (χ0) is 11.5. The quantitative estimate of drug-likeness (QED) is 0.948. The third-order valence-electron chi connectivity index (χ3n) is 2.04. The van der Waals surface area contributed by atoms with Gasteiger partial charge in [0.25, 0.3) is 0 Å². The van der Waals surface area contributed by atoms with Gasteiger partial charge in [0.15, 0.2) is 0 Å². The molecule has 0 unspecified atom stereocenters. The molecule has 2 aromatic rings. The van der Waals surface area contributed by atoms with Gasteiger partial charge in [-0.05, 0) is 34.1 Å². The molecule has 1 aromatic heterocycles. The molecule has 1 heterocycles. The summed E-state index contributed by atoms with van der Waals surface area (Å²) in [6, 6.07) is 5.61. The van der Waals surface area contributed by atoms with Crippen molar-refractivity contribution in [2.75, 3.05) is 5.32 Å². The molecule has 0 saturated carbocycles. The lowest BCUT2D eigenvalue weighted by molar-refractivity contribution is 0.713. The Balaban J connectivity index is 2.04. The van der Waals surface area contributed by atoms with Gasteiger partial charge in [-0.2, -0.15) is 0 Å². The van der Waals surface area contributed by atoms with Crippen LogP contribution in [-0.4, -0.2) is 15.0 Å². The Morgan fingerprint density at radius 3 is 2.94 bits per heavy atom. The van der Waals surface area contributed by atoms with E-state index in [0.29, 0.717) is 11.6 Å². The van der Waals surface area contributed by atoms with Crippen molar-refractivity contribution in [1.82, 2.24) is 15.0 Å². The van der Waals surface area contributed by atoms with E-state index in [1.807, 2.05) is 31.4 Å². The molecule has 6 heteroatoms. The van der Waals surface area contributed by atoms with Crippen LogP contribution in [0.5, 0.6) is 0 Å². The lowest BCUT2D eigenvalue weighted by Gasteiger charge is -2.06. The maximum atomic E-state index is 5.85. The minimum absolute atomic E-state index is 0.633. The van der Waals surface area contributed by atoms with Crippen LogP contribution in [0.3, 0.4) is 0 Å². The molecule has 4 nitrogen and oxygen atoms in total. The topological polar surface area (TPSA) is 42.7 Å². The first-order chi connectivity index (χ1) is 7.65. The molecule has 0 radical (unpaired) electrons. The number of benzene rings is 1. The number of nitrogens with zero attached hydrogens (tertiary/aromatic N) is 3. The van der Waals surface area contributed by atoms with Crippen LogP contribution in [0.15, 0.2) is 28.9 Å². The van der Waals surface area contributed by atoms with Crippen molar-refractivity contribution < 1.29 is 0 Å². The largest absolute Gasteiger partial charge is 0.378 e. The molecule has 0 atom stereocenters. The average molecular weight is 302 g/mol. The summed E-state index contributed by atoms with van der Waals surface area (Å²) in [5.41, 5.74) is 1.87. The van der Waals surface area contributed by atoms with Gasteiger partial charge in [0.05, 0.1) is 6.54 Å². The molecule has 0 amide bonds. The predicted molar refractivity (Wildman–Crippen MR) is 67.5 cm³/mol. The molecule has 0 aliphatic heterocycles. The number of rotatable bonds is 3. The van der Waals surface area contributed by atoms with Crippen LogP contribution in [0.2, 0.25) is 5.02 Å². The van der Waals surface area contributed by atoms with Gasteiger partial charge in [-0.25, -0.2) is 0 Å². The maximum absolute atomic E-state index is 5.85. The van der Waals surface area contributed by atoms with E-state index in [9.17, 15) is 0 Å². The molecule has 2 rings (SSSR count). The van der Waals surface area contributed by atoms with Gasteiger partial charge in [0, 0.05) is 28.4 Å². The molecule has 1 N–H and O–H groups in total. The van der Waals surface area contributed by atoms with Gasteiger partial charge < -0.3 is 5.32 Å². The minimum Gasteiger partial charge on any atom is -0.378 e. The molecular formula is C10H10BrClN4. The SMILES string of the molecule is Cn1cc(CNc2ccc(Cl)cc2Br)nn1. The van der Waals surface area contributed by atoms with Crippen LogP contribution in [-0.2, 0) is 13.6 Å². The van der Waals surface area contributed by atoms with E-state index in [0.717, 1.165) is 15.9 Å². The second kappa shape index (κ2) is 4.84. The summed E-state index contributed by atoms with van der Waals surface area (Å²) >= 11 is 9.29. The van der Waals surface area contributed by atoms with E-state index in [1.54, 1.807) is 4.68 Å². The van der Waals surface area contributed by atoms with Gasteiger partial charge in [0.1, 0.15) is 5.69 Å². The van der Waals surface area contributed by atoms with E-state index in [4.69, 9.17) is 11.6 Å². The van der Waals surface area contributed by atoms with E-state index in [2.05, 4.69) is 31.6 Å². The molecule has 0 bridgehead atoms. The van der Waals surface area contributed by atoms with Crippen LogP contribution in [0.1, 0.15) is 5.69 Å². The highest BCUT2D eigenvalue weighted by Crippen LogP contribution is 2.26. The predicted octanol–water partition coefficient (Wildman–Crippen LogP) is 2.84. The number of halogens is 2. The zero-order valence-corrected chi connectivity index (χ0v) is 11.0. The minimum atomic E-state index is 0.633. The normalized spacial score (nSPS) is 10.4. The monoisotopic (exact) mass is 300 g/mol. The second-order valence-electron chi connectivity index (χ2n) is 3.36. The van der Waals surface area contributed by atoms with Crippen molar-refractivity contribution in [3.63, 3.8) is 0 Å². The first-order valence-corrected chi connectivity index (χ1v) is 5.86. The fourth-order valence-corrected chi connectivity index (χ4v) is 2.12. The summed E-state index contributed by atoms with van der Waals surface area (Å²) in [5, 5.41) is 11.8. The highest BCUT2D eigenvalue weighted by Gasteiger charge is 2.02.